The monoisotopic (exact) mass is 232 g/mol. The predicted octanol–water partition coefficient (Wildman–Crippen LogP) is 2.57. The second kappa shape index (κ2) is 3.96. The number of aliphatic hydroxyl groups is 1. The van der Waals surface area contributed by atoms with Crippen LogP contribution in [0.5, 0.6) is 0 Å². The maximum absolute atomic E-state index is 9.31. The third kappa shape index (κ3) is 1.74. The van der Waals surface area contributed by atoms with Crippen LogP contribution in [0.15, 0.2) is 24.4 Å². The van der Waals surface area contributed by atoms with E-state index in [0.717, 1.165) is 21.3 Å². The summed E-state index contributed by atoms with van der Waals surface area (Å²) in [5.41, 5.74) is 1.99. The van der Waals surface area contributed by atoms with E-state index in [1.54, 1.807) is 17.5 Å². The molecule has 0 bridgehead atoms. The fourth-order valence-electron chi connectivity index (χ4n) is 1.75. The largest absolute Gasteiger partial charge is 0.391 e. The Morgan fingerprint density at radius 1 is 1.38 bits per heavy atom. The molecule has 1 N–H and O–H groups in total. The van der Waals surface area contributed by atoms with E-state index in [4.69, 9.17) is 0 Å². The summed E-state index contributed by atoms with van der Waals surface area (Å²) >= 11 is 1.56. The number of aromatic nitrogens is 2. The zero-order valence-corrected chi connectivity index (χ0v) is 9.57. The third-order valence-corrected chi connectivity index (χ3v) is 3.80. The van der Waals surface area contributed by atoms with E-state index in [0.29, 0.717) is 5.92 Å². The number of hydrogen-bond acceptors (Lipinski definition) is 4. The van der Waals surface area contributed by atoms with Crippen LogP contribution in [-0.4, -0.2) is 15.1 Å². The second-order valence-electron chi connectivity index (χ2n) is 3.97. The van der Waals surface area contributed by atoms with Gasteiger partial charge in [-0.2, -0.15) is 0 Å². The molecule has 0 aromatic carbocycles. The summed E-state index contributed by atoms with van der Waals surface area (Å²) in [6, 6.07) is 5.81. The molecule has 3 nitrogen and oxygen atoms in total. The first-order valence-electron chi connectivity index (χ1n) is 5.40. The van der Waals surface area contributed by atoms with E-state index in [2.05, 4.69) is 9.97 Å². The van der Waals surface area contributed by atoms with Gasteiger partial charge in [0, 0.05) is 12.1 Å². The molecule has 2 heterocycles. The average molecular weight is 232 g/mol. The highest BCUT2D eigenvalue weighted by atomic mass is 32.1. The molecule has 82 valence electrons. The van der Waals surface area contributed by atoms with Crippen molar-refractivity contribution in [1.29, 1.82) is 0 Å². The molecule has 0 aliphatic heterocycles. The van der Waals surface area contributed by atoms with Gasteiger partial charge >= 0.3 is 0 Å². The van der Waals surface area contributed by atoms with Gasteiger partial charge in [0.2, 0.25) is 0 Å². The summed E-state index contributed by atoms with van der Waals surface area (Å²) in [6.07, 6.45) is 4.18. The highest BCUT2D eigenvalue weighted by Gasteiger charge is 2.29. The van der Waals surface area contributed by atoms with Gasteiger partial charge in [-0.1, -0.05) is 6.07 Å². The van der Waals surface area contributed by atoms with Crippen molar-refractivity contribution in [3.63, 3.8) is 0 Å². The Bertz CT molecular complexity index is 491. The fraction of sp³-hybridized carbons (Fsp3) is 0.333. The molecule has 0 amide bonds. The molecular weight excluding hydrogens is 220 g/mol. The van der Waals surface area contributed by atoms with Crippen molar-refractivity contribution in [3.05, 3.63) is 35.0 Å². The van der Waals surface area contributed by atoms with Gasteiger partial charge in [-0.3, -0.25) is 4.98 Å². The molecule has 0 saturated heterocycles. The first-order chi connectivity index (χ1) is 7.88. The standard InChI is InChI=1S/C12H12N2OS/c15-7-10-11(8-4-5-8)14-12(16-10)9-3-1-2-6-13-9/h1-3,6,8,15H,4-5,7H2. The molecule has 4 heteroatoms. The topological polar surface area (TPSA) is 46.0 Å². The van der Waals surface area contributed by atoms with Crippen molar-refractivity contribution in [2.45, 2.75) is 25.4 Å². The van der Waals surface area contributed by atoms with E-state index < -0.39 is 0 Å². The van der Waals surface area contributed by atoms with E-state index in [1.165, 1.54) is 12.8 Å². The second-order valence-corrected chi connectivity index (χ2v) is 5.06. The van der Waals surface area contributed by atoms with E-state index in [-0.39, 0.29) is 6.61 Å². The Hall–Kier alpha value is -1.26. The van der Waals surface area contributed by atoms with Gasteiger partial charge in [-0.15, -0.1) is 11.3 Å². The number of aliphatic hydroxyl groups excluding tert-OH is 1. The molecule has 2 aromatic heterocycles. The SMILES string of the molecule is OCc1sc(-c2ccccn2)nc1C1CC1. The van der Waals surface area contributed by atoms with Crippen molar-refractivity contribution >= 4 is 11.3 Å². The molecule has 0 atom stereocenters. The Balaban J connectivity index is 2.02. The van der Waals surface area contributed by atoms with Crippen molar-refractivity contribution in [2.75, 3.05) is 0 Å². The Labute approximate surface area is 97.8 Å². The highest BCUT2D eigenvalue weighted by molar-refractivity contribution is 7.15. The molecule has 16 heavy (non-hydrogen) atoms. The number of rotatable bonds is 3. The van der Waals surface area contributed by atoms with Crippen molar-refractivity contribution < 1.29 is 5.11 Å². The maximum atomic E-state index is 9.31. The molecule has 1 aliphatic rings. The van der Waals surface area contributed by atoms with Crippen molar-refractivity contribution in [1.82, 2.24) is 9.97 Å². The Morgan fingerprint density at radius 3 is 2.88 bits per heavy atom. The van der Waals surface area contributed by atoms with Crippen LogP contribution < -0.4 is 0 Å². The molecular formula is C12H12N2OS. The first kappa shape index (κ1) is 9.93. The van der Waals surface area contributed by atoms with Crippen LogP contribution in [0.1, 0.15) is 29.3 Å². The average Bonchev–Trinajstić information content (AvgIpc) is 3.10. The Kier molecular flexibility index (Phi) is 2.46. The fourth-order valence-corrected chi connectivity index (χ4v) is 2.74. The van der Waals surface area contributed by atoms with Crippen LogP contribution in [0.3, 0.4) is 0 Å². The number of hydrogen-bond donors (Lipinski definition) is 1. The van der Waals surface area contributed by atoms with E-state index >= 15 is 0 Å². The van der Waals surface area contributed by atoms with Crippen LogP contribution in [0, 0.1) is 0 Å². The summed E-state index contributed by atoms with van der Waals surface area (Å²) in [6.45, 7) is 0.0936. The van der Waals surface area contributed by atoms with Gasteiger partial charge in [-0.05, 0) is 25.0 Å². The lowest BCUT2D eigenvalue weighted by atomic mass is 10.2. The lowest BCUT2D eigenvalue weighted by molar-refractivity contribution is 0.284. The van der Waals surface area contributed by atoms with Crippen LogP contribution >= 0.6 is 11.3 Å². The number of thiazole rings is 1. The van der Waals surface area contributed by atoms with Gasteiger partial charge in [0.15, 0.2) is 0 Å². The lowest BCUT2D eigenvalue weighted by Gasteiger charge is -1.93. The van der Waals surface area contributed by atoms with Gasteiger partial charge in [0.1, 0.15) is 5.01 Å². The first-order valence-corrected chi connectivity index (χ1v) is 6.22. The van der Waals surface area contributed by atoms with Crippen LogP contribution in [-0.2, 0) is 6.61 Å². The summed E-state index contributed by atoms with van der Waals surface area (Å²) in [5, 5.41) is 10.2. The number of pyridine rings is 1. The highest BCUT2D eigenvalue weighted by Crippen LogP contribution is 2.43. The van der Waals surface area contributed by atoms with Crippen LogP contribution in [0.4, 0.5) is 0 Å². The lowest BCUT2D eigenvalue weighted by Crippen LogP contribution is -1.87. The molecule has 2 aromatic rings. The number of nitrogens with zero attached hydrogens (tertiary/aromatic N) is 2. The summed E-state index contributed by atoms with van der Waals surface area (Å²) in [4.78, 5) is 9.90. The normalized spacial score (nSPS) is 15.3. The molecule has 1 fully saturated rings. The van der Waals surface area contributed by atoms with Gasteiger partial charge < -0.3 is 5.11 Å². The van der Waals surface area contributed by atoms with E-state index in [9.17, 15) is 5.11 Å². The molecule has 0 spiro atoms. The predicted molar refractivity (Wildman–Crippen MR) is 63.2 cm³/mol. The van der Waals surface area contributed by atoms with Gasteiger partial charge in [0.05, 0.1) is 22.9 Å². The minimum Gasteiger partial charge on any atom is -0.391 e. The van der Waals surface area contributed by atoms with Gasteiger partial charge in [0.25, 0.3) is 0 Å². The van der Waals surface area contributed by atoms with E-state index in [1.807, 2.05) is 18.2 Å². The van der Waals surface area contributed by atoms with Crippen LogP contribution in [0.2, 0.25) is 0 Å². The molecule has 0 radical (unpaired) electrons. The van der Waals surface area contributed by atoms with Crippen molar-refractivity contribution in [2.24, 2.45) is 0 Å². The molecule has 1 saturated carbocycles. The quantitative estimate of drug-likeness (QED) is 0.884. The third-order valence-electron chi connectivity index (χ3n) is 2.72. The molecule has 3 rings (SSSR count). The smallest absolute Gasteiger partial charge is 0.142 e. The zero-order chi connectivity index (χ0) is 11.0. The summed E-state index contributed by atoms with van der Waals surface area (Å²) in [7, 11) is 0. The van der Waals surface area contributed by atoms with Crippen molar-refractivity contribution in [3.8, 4) is 10.7 Å². The Morgan fingerprint density at radius 2 is 2.25 bits per heavy atom. The van der Waals surface area contributed by atoms with Gasteiger partial charge in [-0.25, -0.2) is 4.98 Å². The summed E-state index contributed by atoms with van der Waals surface area (Å²) < 4.78 is 0. The summed E-state index contributed by atoms with van der Waals surface area (Å²) in [5.74, 6) is 0.580. The minimum absolute atomic E-state index is 0.0936. The van der Waals surface area contributed by atoms with Crippen LogP contribution in [0.25, 0.3) is 10.7 Å². The maximum Gasteiger partial charge on any atom is 0.142 e. The zero-order valence-electron chi connectivity index (χ0n) is 8.76. The molecule has 1 aliphatic carbocycles. The minimum atomic E-state index is 0.0936. The molecule has 0 unspecified atom stereocenters.